The van der Waals surface area contributed by atoms with E-state index < -0.39 is 0 Å². The molecule has 0 fully saturated rings. The summed E-state index contributed by atoms with van der Waals surface area (Å²) in [4.78, 5) is 20.5. The Morgan fingerprint density at radius 2 is 2.20 bits per heavy atom. The Balaban J connectivity index is 1.56. The third kappa shape index (κ3) is 3.03. The lowest BCUT2D eigenvalue weighted by Gasteiger charge is -2.07. The number of ether oxygens (including phenoxy) is 2. The van der Waals surface area contributed by atoms with Gasteiger partial charge in [-0.15, -0.1) is 0 Å². The number of carbonyl (C=O) groups excluding carboxylic acids is 1. The predicted octanol–water partition coefficient (Wildman–Crippen LogP) is 3.89. The Morgan fingerprint density at radius 3 is 3.08 bits per heavy atom. The standard InChI is InChI=1S/C19H19N3O3/c1-2-3-7-17-21-14-9-8-12(10-15(14)22-17)20-19(23)13-5-4-6-16-18(13)25-11-24-16/h4-6,8-10H,2-3,7,11H2,1H3,(H,20,23)(H,21,22). The maximum Gasteiger partial charge on any atom is 0.259 e. The molecule has 6 heteroatoms. The number of unbranched alkanes of at least 4 members (excludes halogenated alkanes) is 1. The van der Waals surface area contributed by atoms with Gasteiger partial charge in [0, 0.05) is 12.1 Å². The molecule has 1 aromatic heterocycles. The van der Waals surface area contributed by atoms with Gasteiger partial charge >= 0.3 is 0 Å². The summed E-state index contributed by atoms with van der Waals surface area (Å²) >= 11 is 0. The van der Waals surface area contributed by atoms with E-state index in [-0.39, 0.29) is 12.7 Å². The molecule has 0 atom stereocenters. The molecule has 1 aliphatic rings. The van der Waals surface area contributed by atoms with E-state index in [2.05, 4.69) is 22.2 Å². The molecule has 6 nitrogen and oxygen atoms in total. The summed E-state index contributed by atoms with van der Waals surface area (Å²) in [5.74, 6) is 1.83. The van der Waals surface area contributed by atoms with E-state index in [9.17, 15) is 4.79 Å². The van der Waals surface area contributed by atoms with Crippen LogP contribution in [0.4, 0.5) is 5.69 Å². The molecule has 0 saturated heterocycles. The number of amides is 1. The molecule has 0 bridgehead atoms. The van der Waals surface area contributed by atoms with Crippen LogP contribution in [0.5, 0.6) is 11.5 Å². The summed E-state index contributed by atoms with van der Waals surface area (Å²) in [6.45, 7) is 2.30. The lowest BCUT2D eigenvalue weighted by atomic mass is 10.1. The number of hydrogen-bond acceptors (Lipinski definition) is 4. The van der Waals surface area contributed by atoms with Gasteiger partial charge in [0.05, 0.1) is 16.6 Å². The first-order valence-electron chi connectivity index (χ1n) is 8.43. The average Bonchev–Trinajstić information content (AvgIpc) is 3.25. The average molecular weight is 337 g/mol. The molecule has 2 heterocycles. The van der Waals surface area contributed by atoms with Crippen molar-refractivity contribution in [2.45, 2.75) is 26.2 Å². The van der Waals surface area contributed by atoms with Gasteiger partial charge in [-0.3, -0.25) is 4.79 Å². The highest BCUT2D eigenvalue weighted by molar-refractivity contribution is 6.07. The van der Waals surface area contributed by atoms with E-state index in [0.29, 0.717) is 22.7 Å². The highest BCUT2D eigenvalue weighted by atomic mass is 16.7. The molecular formula is C19H19N3O3. The lowest BCUT2D eigenvalue weighted by molar-refractivity contribution is 0.102. The maximum absolute atomic E-state index is 12.6. The zero-order valence-corrected chi connectivity index (χ0v) is 14.0. The first-order chi connectivity index (χ1) is 12.2. The Hall–Kier alpha value is -3.02. The number of nitrogens with zero attached hydrogens (tertiary/aromatic N) is 1. The van der Waals surface area contributed by atoms with Gasteiger partial charge in [-0.05, 0) is 36.8 Å². The Morgan fingerprint density at radius 1 is 1.28 bits per heavy atom. The monoisotopic (exact) mass is 337 g/mol. The van der Waals surface area contributed by atoms with E-state index in [4.69, 9.17) is 9.47 Å². The van der Waals surface area contributed by atoms with Crippen molar-refractivity contribution in [2.75, 3.05) is 12.1 Å². The number of rotatable bonds is 5. The second kappa shape index (κ2) is 6.47. The van der Waals surface area contributed by atoms with Crippen LogP contribution in [0.1, 0.15) is 35.9 Å². The second-order valence-corrected chi connectivity index (χ2v) is 6.01. The van der Waals surface area contributed by atoms with Crippen molar-refractivity contribution in [2.24, 2.45) is 0 Å². The van der Waals surface area contributed by atoms with Crippen LogP contribution in [0.15, 0.2) is 36.4 Å². The van der Waals surface area contributed by atoms with Crippen LogP contribution in [0.25, 0.3) is 11.0 Å². The van der Waals surface area contributed by atoms with Gasteiger partial charge < -0.3 is 19.8 Å². The van der Waals surface area contributed by atoms with Crippen LogP contribution >= 0.6 is 0 Å². The van der Waals surface area contributed by atoms with E-state index in [1.165, 1.54) is 0 Å². The van der Waals surface area contributed by atoms with E-state index in [1.807, 2.05) is 18.2 Å². The molecule has 0 unspecified atom stereocenters. The topological polar surface area (TPSA) is 76.2 Å². The minimum atomic E-state index is -0.229. The quantitative estimate of drug-likeness (QED) is 0.740. The molecule has 3 aromatic rings. The van der Waals surface area contributed by atoms with E-state index in [0.717, 1.165) is 36.1 Å². The lowest BCUT2D eigenvalue weighted by Crippen LogP contribution is -2.12. The third-order valence-electron chi connectivity index (χ3n) is 4.20. The number of fused-ring (bicyclic) bond motifs is 2. The normalized spacial score (nSPS) is 12.5. The van der Waals surface area contributed by atoms with Crippen molar-refractivity contribution in [1.82, 2.24) is 9.97 Å². The molecule has 1 aliphatic heterocycles. The Bertz CT molecular complexity index is 933. The summed E-state index contributed by atoms with van der Waals surface area (Å²) in [6.07, 6.45) is 3.16. The van der Waals surface area contributed by atoms with Crippen molar-refractivity contribution in [3.63, 3.8) is 0 Å². The maximum atomic E-state index is 12.6. The highest BCUT2D eigenvalue weighted by Crippen LogP contribution is 2.35. The molecule has 1 amide bonds. The molecule has 4 rings (SSSR count). The zero-order chi connectivity index (χ0) is 17.2. The van der Waals surface area contributed by atoms with Crippen LogP contribution < -0.4 is 14.8 Å². The number of anilines is 1. The minimum absolute atomic E-state index is 0.139. The van der Waals surface area contributed by atoms with Crippen LogP contribution in [-0.4, -0.2) is 22.7 Å². The summed E-state index contributed by atoms with van der Waals surface area (Å²) in [5, 5.41) is 2.91. The van der Waals surface area contributed by atoms with E-state index >= 15 is 0 Å². The minimum Gasteiger partial charge on any atom is -0.454 e. The van der Waals surface area contributed by atoms with Gasteiger partial charge in [0.25, 0.3) is 5.91 Å². The van der Waals surface area contributed by atoms with Gasteiger partial charge in [0.15, 0.2) is 11.5 Å². The smallest absolute Gasteiger partial charge is 0.259 e. The number of imidazole rings is 1. The van der Waals surface area contributed by atoms with Crippen molar-refractivity contribution >= 4 is 22.6 Å². The number of H-pyrrole nitrogens is 1. The van der Waals surface area contributed by atoms with Crippen LogP contribution in [0.2, 0.25) is 0 Å². The van der Waals surface area contributed by atoms with Crippen molar-refractivity contribution < 1.29 is 14.3 Å². The Labute approximate surface area is 145 Å². The van der Waals surface area contributed by atoms with E-state index in [1.54, 1.807) is 18.2 Å². The number of para-hydroxylation sites is 1. The first kappa shape index (κ1) is 15.5. The van der Waals surface area contributed by atoms with Crippen molar-refractivity contribution in [3.8, 4) is 11.5 Å². The highest BCUT2D eigenvalue weighted by Gasteiger charge is 2.21. The SMILES string of the molecule is CCCCc1nc2ccc(NC(=O)c3cccc4c3OCO4)cc2[nH]1. The van der Waals surface area contributed by atoms with Crippen LogP contribution in [0.3, 0.4) is 0 Å². The molecular weight excluding hydrogens is 318 g/mol. The molecule has 2 N–H and O–H groups in total. The number of hydrogen-bond donors (Lipinski definition) is 2. The number of aryl methyl sites for hydroxylation is 1. The van der Waals surface area contributed by atoms with Gasteiger partial charge in [0.2, 0.25) is 6.79 Å². The second-order valence-electron chi connectivity index (χ2n) is 6.01. The molecule has 0 aliphatic carbocycles. The fourth-order valence-electron chi connectivity index (χ4n) is 2.91. The number of nitrogens with one attached hydrogen (secondary N) is 2. The Kier molecular flexibility index (Phi) is 4.01. The molecule has 0 saturated carbocycles. The molecule has 128 valence electrons. The summed E-state index contributed by atoms with van der Waals surface area (Å²) < 4.78 is 10.7. The van der Waals surface area contributed by atoms with Gasteiger partial charge in [0.1, 0.15) is 5.82 Å². The molecule has 0 spiro atoms. The zero-order valence-electron chi connectivity index (χ0n) is 14.0. The fraction of sp³-hybridized carbons (Fsp3) is 0.263. The summed E-state index contributed by atoms with van der Waals surface area (Å²) in [5.41, 5.74) is 2.99. The first-order valence-corrected chi connectivity index (χ1v) is 8.43. The van der Waals surface area contributed by atoms with Crippen molar-refractivity contribution in [1.29, 1.82) is 0 Å². The third-order valence-corrected chi connectivity index (χ3v) is 4.20. The van der Waals surface area contributed by atoms with Gasteiger partial charge in [-0.1, -0.05) is 19.4 Å². The predicted molar refractivity (Wildman–Crippen MR) is 95.2 cm³/mol. The van der Waals surface area contributed by atoms with Gasteiger partial charge in [-0.25, -0.2) is 4.98 Å². The summed E-state index contributed by atoms with van der Waals surface area (Å²) in [6, 6.07) is 10.9. The van der Waals surface area contributed by atoms with Crippen molar-refractivity contribution in [3.05, 3.63) is 47.8 Å². The van der Waals surface area contributed by atoms with Crippen LogP contribution in [0, 0.1) is 0 Å². The summed E-state index contributed by atoms with van der Waals surface area (Å²) in [7, 11) is 0. The molecule has 25 heavy (non-hydrogen) atoms. The van der Waals surface area contributed by atoms with Crippen LogP contribution in [-0.2, 0) is 6.42 Å². The molecule has 0 radical (unpaired) electrons. The molecule has 2 aromatic carbocycles. The fourth-order valence-corrected chi connectivity index (χ4v) is 2.91. The largest absolute Gasteiger partial charge is 0.454 e. The number of carbonyl (C=O) groups is 1. The number of aromatic amines is 1. The van der Waals surface area contributed by atoms with Gasteiger partial charge in [-0.2, -0.15) is 0 Å². The number of aromatic nitrogens is 2. The number of benzene rings is 2.